The maximum Gasteiger partial charge on any atom is 0.213 e. The fourth-order valence-corrected chi connectivity index (χ4v) is 3.84. The van der Waals surface area contributed by atoms with Gasteiger partial charge in [0.1, 0.15) is 7.05 Å². The van der Waals surface area contributed by atoms with Crippen LogP contribution in [-0.4, -0.2) is 0 Å². The smallest absolute Gasteiger partial charge is 0.194 e. The first kappa shape index (κ1) is 17.7. The Morgan fingerprint density at radius 1 is 0.880 bits per heavy atom. The van der Waals surface area contributed by atoms with Crippen LogP contribution in [0, 0.1) is 33.6 Å². The molecule has 0 bridgehead atoms. The summed E-state index contributed by atoms with van der Waals surface area (Å²) in [5.41, 5.74) is 10.8. The lowest BCUT2D eigenvalue weighted by atomic mass is 9.93. The summed E-state index contributed by atoms with van der Waals surface area (Å²) in [6, 6.07) is 13.9. The Bertz CT molecular complexity index is 948. The number of benzene rings is 2. The van der Waals surface area contributed by atoms with E-state index < -0.39 is 0 Å². The van der Waals surface area contributed by atoms with E-state index in [1.165, 1.54) is 50.0 Å². The molecule has 0 saturated heterocycles. The predicted molar refractivity (Wildman–Crippen MR) is 108 cm³/mol. The topological polar surface area (TPSA) is 3.88 Å². The van der Waals surface area contributed by atoms with Crippen LogP contribution in [0.3, 0.4) is 0 Å². The van der Waals surface area contributed by atoms with Gasteiger partial charge in [-0.2, -0.15) is 4.57 Å². The highest BCUT2D eigenvalue weighted by Crippen LogP contribution is 2.29. The summed E-state index contributed by atoms with van der Waals surface area (Å²) >= 11 is 0. The first-order valence-corrected chi connectivity index (χ1v) is 9.28. The van der Waals surface area contributed by atoms with Crippen LogP contribution in [0.5, 0.6) is 0 Å². The van der Waals surface area contributed by atoms with Crippen molar-refractivity contribution in [3.05, 3.63) is 64.2 Å². The van der Waals surface area contributed by atoms with Gasteiger partial charge in [0.05, 0.1) is 0 Å². The molecule has 0 spiro atoms. The van der Waals surface area contributed by atoms with Crippen molar-refractivity contribution in [2.45, 2.75) is 48.0 Å². The summed E-state index contributed by atoms with van der Waals surface area (Å²) in [4.78, 5) is 0. The molecule has 0 aliphatic heterocycles. The fourth-order valence-electron chi connectivity index (χ4n) is 3.84. The molecule has 0 radical (unpaired) electrons. The molecule has 0 fully saturated rings. The quantitative estimate of drug-likeness (QED) is 0.537. The molecule has 0 N–H and O–H groups in total. The van der Waals surface area contributed by atoms with Crippen LogP contribution in [0.25, 0.3) is 22.2 Å². The molecule has 0 atom stereocenters. The van der Waals surface area contributed by atoms with E-state index >= 15 is 0 Å². The van der Waals surface area contributed by atoms with Crippen molar-refractivity contribution in [3.8, 4) is 11.3 Å². The number of pyridine rings is 1. The zero-order valence-corrected chi connectivity index (χ0v) is 16.7. The van der Waals surface area contributed by atoms with Gasteiger partial charge in [-0.05, 0) is 68.9 Å². The van der Waals surface area contributed by atoms with Gasteiger partial charge in [-0.25, -0.2) is 0 Å². The van der Waals surface area contributed by atoms with Crippen molar-refractivity contribution in [1.29, 1.82) is 0 Å². The molecule has 0 aliphatic carbocycles. The Labute approximate surface area is 152 Å². The van der Waals surface area contributed by atoms with Crippen LogP contribution >= 0.6 is 0 Å². The number of nitrogens with zero attached hydrogens (tertiary/aromatic N) is 1. The summed E-state index contributed by atoms with van der Waals surface area (Å²) < 4.78 is 2.36. The Morgan fingerprint density at radius 3 is 2.28 bits per heavy atom. The van der Waals surface area contributed by atoms with Crippen LogP contribution in [0.15, 0.2) is 36.4 Å². The zero-order chi connectivity index (χ0) is 18.3. The summed E-state index contributed by atoms with van der Waals surface area (Å²) in [6.07, 6.45) is 1.11. The number of hydrogen-bond donors (Lipinski definition) is 0. The number of aromatic nitrogens is 1. The van der Waals surface area contributed by atoms with Crippen molar-refractivity contribution in [2.24, 2.45) is 13.0 Å². The lowest BCUT2D eigenvalue weighted by Gasteiger charge is -2.14. The fraction of sp³-hybridized carbons (Fsp3) is 0.375. The Morgan fingerprint density at radius 2 is 1.60 bits per heavy atom. The second-order valence-electron chi connectivity index (χ2n) is 7.99. The zero-order valence-electron chi connectivity index (χ0n) is 16.7. The van der Waals surface area contributed by atoms with Crippen LogP contribution in [-0.2, 0) is 13.5 Å². The van der Waals surface area contributed by atoms with E-state index in [9.17, 15) is 0 Å². The molecule has 3 aromatic rings. The third-order valence-electron chi connectivity index (χ3n) is 5.25. The molecule has 25 heavy (non-hydrogen) atoms. The van der Waals surface area contributed by atoms with Crippen LogP contribution in [0.1, 0.15) is 41.7 Å². The van der Waals surface area contributed by atoms with Crippen LogP contribution in [0.4, 0.5) is 0 Å². The van der Waals surface area contributed by atoms with Gasteiger partial charge in [-0.15, -0.1) is 0 Å². The SMILES string of the molecule is Cc1cc(C)c(C)c(-c2cc(CC(C)C)c3cc(C)ccc3[n+]2C)c1. The number of fused-ring (bicyclic) bond motifs is 1. The Hall–Kier alpha value is -2.15. The normalized spacial score (nSPS) is 11.5. The number of rotatable bonds is 3. The van der Waals surface area contributed by atoms with Crippen LogP contribution in [0.2, 0.25) is 0 Å². The highest BCUT2D eigenvalue weighted by Gasteiger charge is 2.20. The molecular weight excluding hydrogens is 302 g/mol. The van der Waals surface area contributed by atoms with Crippen molar-refractivity contribution >= 4 is 10.9 Å². The van der Waals surface area contributed by atoms with Crippen molar-refractivity contribution < 1.29 is 4.57 Å². The molecule has 3 rings (SSSR count). The molecule has 0 amide bonds. The largest absolute Gasteiger partial charge is 0.213 e. The first-order chi connectivity index (χ1) is 11.8. The molecule has 0 aliphatic rings. The van der Waals surface area contributed by atoms with Crippen molar-refractivity contribution in [2.75, 3.05) is 0 Å². The minimum atomic E-state index is 0.643. The molecule has 0 saturated carbocycles. The molecule has 1 heterocycles. The van der Waals surface area contributed by atoms with Gasteiger partial charge in [0.15, 0.2) is 0 Å². The lowest BCUT2D eigenvalue weighted by Crippen LogP contribution is -2.33. The number of aryl methyl sites for hydroxylation is 4. The van der Waals surface area contributed by atoms with E-state index in [0.717, 1.165) is 6.42 Å². The third kappa shape index (κ3) is 3.33. The monoisotopic (exact) mass is 332 g/mol. The molecular formula is C24H30N+. The summed E-state index contributed by atoms with van der Waals surface area (Å²) in [5.74, 6) is 0.643. The molecule has 1 nitrogen and oxygen atoms in total. The number of hydrogen-bond acceptors (Lipinski definition) is 0. The Balaban J connectivity index is 2.37. The van der Waals surface area contributed by atoms with E-state index in [4.69, 9.17) is 0 Å². The van der Waals surface area contributed by atoms with Crippen molar-refractivity contribution in [1.82, 2.24) is 0 Å². The van der Waals surface area contributed by atoms with Gasteiger partial charge in [0, 0.05) is 23.1 Å². The van der Waals surface area contributed by atoms with Gasteiger partial charge in [-0.3, -0.25) is 0 Å². The molecule has 130 valence electrons. The Kier molecular flexibility index (Phi) is 4.69. The van der Waals surface area contributed by atoms with Crippen LogP contribution < -0.4 is 4.57 Å². The first-order valence-electron chi connectivity index (χ1n) is 9.28. The average molecular weight is 333 g/mol. The highest BCUT2D eigenvalue weighted by atomic mass is 14.9. The maximum absolute atomic E-state index is 2.42. The molecule has 1 heteroatoms. The van der Waals surface area contributed by atoms with Gasteiger partial charge in [-0.1, -0.05) is 37.1 Å². The van der Waals surface area contributed by atoms with Gasteiger partial charge in [0.2, 0.25) is 11.2 Å². The van der Waals surface area contributed by atoms with Gasteiger partial charge < -0.3 is 0 Å². The van der Waals surface area contributed by atoms with E-state index in [0.29, 0.717) is 5.92 Å². The average Bonchev–Trinajstić information content (AvgIpc) is 2.53. The predicted octanol–water partition coefficient (Wildman–Crippen LogP) is 5.76. The molecule has 0 unspecified atom stereocenters. The van der Waals surface area contributed by atoms with E-state index in [1.807, 2.05) is 0 Å². The van der Waals surface area contributed by atoms with E-state index in [1.54, 1.807) is 0 Å². The van der Waals surface area contributed by atoms with Gasteiger partial charge >= 0.3 is 0 Å². The van der Waals surface area contributed by atoms with Gasteiger partial charge in [0.25, 0.3) is 0 Å². The summed E-state index contributed by atoms with van der Waals surface area (Å²) in [5, 5.41) is 1.39. The highest BCUT2D eigenvalue weighted by molar-refractivity contribution is 5.83. The molecule has 1 aromatic heterocycles. The second-order valence-corrected chi connectivity index (χ2v) is 7.99. The summed E-state index contributed by atoms with van der Waals surface area (Å²) in [7, 11) is 2.20. The minimum absolute atomic E-state index is 0.643. The standard InChI is InChI=1S/C24H30N/c1-15(2)10-20-14-24(21-13-17(4)11-18(5)19(21)6)25(7)23-9-8-16(3)12-22(20)23/h8-9,11-15H,10H2,1-7H3/q+1. The van der Waals surface area contributed by atoms with E-state index in [2.05, 4.69) is 89.6 Å². The maximum atomic E-state index is 2.42. The molecule has 2 aromatic carbocycles. The third-order valence-corrected chi connectivity index (χ3v) is 5.25. The second kappa shape index (κ2) is 6.63. The minimum Gasteiger partial charge on any atom is -0.194 e. The van der Waals surface area contributed by atoms with E-state index in [-0.39, 0.29) is 0 Å². The summed E-state index contributed by atoms with van der Waals surface area (Å²) in [6.45, 7) is 13.4. The lowest BCUT2D eigenvalue weighted by molar-refractivity contribution is -0.633. The van der Waals surface area contributed by atoms with Crippen molar-refractivity contribution in [3.63, 3.8) is 0 Å².